The van der Waals surface area contributed by atoms with Crippen LogP contribution in [0.1, 0.15) is 34.9 Å². The Hall–Kier alpha value is -3.13. The fourth-order valence-corrected chi connectivity index (χ4v) is 3.61. The minimum absolute atomic E-state index is 0.0596. The predicted octanol–water partition coefficient (Wildman–Crippen LogP) is 3.05. The molecule has 1 amide bonds. The van der Waals surface area contributed by atoms with Gasteiger partial charge in [0.15, 0.2) is 5.75 Å². The molecule has 0 unspecified atom stereocenters. The Morgan fingerprint density at radius 3 is 2.85 bits per heavy atom. The number of carbonyl (C=O) groups excluding carboxylic acids is 1. The number of nitro benzene ring substituents is 1. The fourth-order valence-electron chi connectivity index (χ4n) is 3.61. The van der Waals surface area contributed by atoms with Gasteiger partial charge < -0.3 is 20.1 Å². The first-order valence-electron chi connectivity index (χ1n) is 8.80. The highest BCUT2D eigenvalue weighted by Crippen LogP contribution is 2.37. The number of carbonyl (C=O) groups is 1. The van der Waals surface area contributed by atoms with Crippen molar-refractivity contribution >= 4 is 17.3 Å². The number of hydrogen-bond acceptors (Lipinski definition) is 6. The number of rotatable bonds is 4. The molecular formula is C19H19N3O5. The molecule has 0 spiro atoms. The smallest absolute Gasteiger partial charge is 0.311 e. The SMILES string of the molecule is O=C1c2ccccc2N[C@@H](c2ccc(O)c([N+](=O)[O-])c2)N1C[C@H]1CCCO1. The summed E-state index contributed by atoms with van der Waals surface area (Å²) in [6.07, 6.45) is 1.17. The zero-order valence-electron chi connectivity index (χ0n) is 14.5. The van der Waals surface area contributed by atoms with E-state index in [2.05, 4.69) is 5.32 Å². The van der Waals surface area contributed by atoms with Crippen molar-refractivity contribution in [2.24, 2.45) is 0 Å². The van der Waals surface area contributed by atoms with E-state index in [0.29, 0.717) is 30.0 Å². The molecule has 8 nitrogen and oxygen atoms in total. The fraction of sp³-hybridized carbons (Fsp3) is 0.316. The average molecular weight is 369 g/mol. The summed E-state index contributed by atoms with van der Waals surface area (Å²) in [5, 5.41) is 24.2. The summed E-state index contributed by atoms with van der Waals surface area (Å²) in [4.78, 5) is 25.3. The number of nitro groups is 1. The molecule has 2 aliphatic heterocycles. The molecule has 0 radical (unpaired) electrons. The second-order valence-electron chi connectivity index (χ2n) is 6.69. The van der Waals surface area contributed by atoms with E-state index in [-0.39, 0.29) is 12.0 Å². The molecule has 2 aromatic carbocycles. The first kappa shape index (κ1) is 17.3. The third kappa shape index (κ3) is 3.19. The first-order valence-corrected chi connectivity index (χ1v) is 8.80. The molecule has 2 heterocycles. The van der Waals surface area contributed by atoms with Crippen LogP contribution >= 0.6 is 0 Å². The summed E-state index contributed by atoms with van der Waals surface area (Å²) >= 11 is 0. The van der Waals surface area contributed by atoms with Gasteiger partial charge in [-0.2, -0.15) is 0 Å². The quantitative estimate of drug-likeness (QED) is 0.634. The van der Waals surface area contributed by atoms with E-state index < -0.39 is 22.5 Å². The van der Waals surface area contributed by atoms with Gasteiger partial charge in [-0.15, -0.1) is 0 Å². The normalized spacial score (nSPS) is 21.6. The van der Waals surface area contributed by atoms with E-state index >= 15 is 0 Å². The van der Waals surface area contributed by atoms with Crippen molar-refractivity contribution in [3.05, 3.63) is 63.7 Å². The highest BCUT2D eigenvalue weighted by atomic mass is 16.6. The van der Waals surface area contributed by atoms with E-state index in [1.54, 1.807) is 29.2 Å². The van der Waals surface area contributed by atoms with Gasteiger partial charge in [-0.1, -0.05) is 18.2 Å². The number of amides is 1. The van der Waals surface area contributed by atoms with Gasteiger partial charge in [0.25, 0.3) is 5.91 Å². The van der Waals surface area contributed by atoms with Crippen LogP contribution in [-0.2, 0) is 4.74 Å². The van der Waals surface area contributed by atoms with Crippen molar-refractivity contribution in [2.75, 3.05) is 18.5 Å². The maximum Gasteiger partial charge on any atom is 0.311 e. The number of aromatic hydroxyl groups is 1. The van der Waals surface area contributed by atoms with Gasteiger partial charge in [-0.3, -0.25) is 14.9 Å². The van der Waals surface area contributed by atoms with Crippen LogP contribution in [0.15, 0.2) is 42.5 Å². The number of nitrogens with one attached hydrogen (secondary N) is 1. The molecule has 0 saturated carbocycles. The van der Waals surface area contributed by atoms with Crippen molar-refractivity contribution < 1.29 is 19.6 Å². The second-order valence-corrected chi connectivity index (χ2v) is 6.69. The molecule has 8 heteroatoms. The Labute approximate surface area is 155 Å². The number of nitrogens with zero attached hydrogens (tertiary/aromatic N) is 2. The second kappa shape index (κ2) is 6.88. The van der Waals surface area contributed by atoms with E-state index in [9.17, 15) is 20.0 Å². The molecule has 0 aromatic heterocycles. The molecule has 2 aliphatic rings. The number of para-hydroxylation sites is 1. The molecule has 27 heavy (non-hydrogen) atoms. The molecule has 4 rings (SSSR count). The Kier molecular flexibility index (Phi) is 4.41. The molecule has 2 N–H and O–H groups in total. The molecule has 0 bridgehead atoms. The lowest BCUT2D eigenvalue weighted by Crippen LogP contribution is -2.46. The summed E-state index contributed by atoms with van der Waals surface area (Å²) in [5.41, 5.74) is 1.37. The van der Waals surface area contributed by atoms with Crippen LogP contribution in [0.5, 0.6) is 5.75 Å². The molecule has 2 atom stereocenters. The number of phenols is 1. The molecular weight excluding hydrogens is 350 g/mol. The summed E-state index contributed by atoms with van der Waals surface area (Å²) in [6, 6.07) is 11.4. The van der Waals surface area contributed by atoms with Crippen molar-refractivity contribution in [1.29, 1.82) is 0 Å². The molecule has 1 fully saturated rings. The van der Waals surface area contributed by atoms with Crippen molar-refractivity contribution in [2.45, 2.75) is 25.1 Å². The van der Waals surface area contributed by atoms with Crippen molar-refractivity contribution in [3.8, 4) is 5.75 Å². The predicted molar refractivity (Wildman–Crippen MR) is 97.6 cm³/mol. The lowest BCUT2D eigenvalue weighted by atomic mass is 10.0. The van der Waals surface area contributed by atoms with Crippen molar-refractivity contribution in [1.82, 2.24) is 4.90 Å². The zero-order chi connectivity index (χ0) is 19.0. The highest BCUT2D eigenvalue weighted by molar-refractivity contribution is 6.01. The third-order valence-electron chi connectivity index (χ3n) is 4.96. The van der Waals surface area contributed by atoms with Crippen LogP contribution in [0.3, 0.4) is 0 Å². The monoisotopic (exact) mass is 369 g/mol. The van der Waals surface area contributed by atoms with Gasteiger partial charge in [-0.05, 0) is 31.0 Å². The lowest BCUT2D eigenvalue weighted by Gasteiger charge is -2.39. The Morgan fingerprint density at radius 1 is 1.30 bits per heavy atom. The molecule has 140 valence electrons. The van der Waals surface area contributed by atoms with Crippen LogP contribution in [0, 0.1) is 10.1 Å². The van der Waals surface area contributed by atoms with Crippen LogP contribution < -0.4 is 5.32 Å². The molecule has 0 aliphatic carbocycles. The van der Waals surface area contributed by atoms with Crippen molar-refractivity contribution in [3.63, 3.8) is 0 Å². The number of anilines is 1. The third-order valence-corrected chi connectivity index (χ3v) is 4.96. The van der Waals surface area contributed by atoms with Crippen LogP contribution in [-0.4, -0.2) is 40.1 Å². The van der Waals surface area contributed by atoms with Gasteiger partial charge in [-0.25, -0.2) is 0 Å². The first-order chi connectivity index (χ1) is 13.0. The van der Waals surface area contributed by atoms with Gasteiger partial charge in [0, 0.05) is 30.5 Å². The number of phenolic OH excluding ortho intramolecular Hbond substituents is 1. The molecule has 1 saturated heterocycles. The maximum absolute atomic E-state index is 13.1. The summed E-state index contributed by atoms with van der Waals surface area (Å²) in [5.74, 6) is -0.558. The molecule has 2 aromatic rings. The van der Waals surface area contributed by atoms with E-state index in [1.807, 2.05) is 6.07 Å². The van der Waals surface area contributed by atoms with Gasteiger partial charge in [0.2, 0.25) is 0 Å². The Morgan fingerprint density at radius 2 is 2.11 bits per heavy atom. The van der Waals surface area contributed by atoms with Gasteiger partial charge >= 0.3 is 5.69 Å². The minimum Gasteiger partial charge on any atom is -0.502 e. The number of benzene rings is 2. The van der Waals surface area contributed by atoms with Crippen LogP contribution in [0.25, 0.3) is 0 Å². The Bertz CT molecular complexity index is 895. The van der Waals surface area contributed by atoms with Crippen LogP contribution in [0.4, 0.5) is 11.4 Å². The summed E-state index contributed by atoms with van der Waals surface area (Å²) in [6.45, 7) is 1.06. The topological polar surface area (TPSA) is 105 Å². The van der Waals surface area contributed by atoms with E-state index in [0.717, 1.165) is 12.8 Å². The summed E-state index contributed by atoms with van der Waals surface area (Å²) < 4.78 is 5.69. The average Bonchev–Trinajstić information content (AvgIpc) is 3.17. The largest absolute Gasteiger partial charge is 0.502 e. The van der Waals surface area contributed by atoms with E-state index in [1.165, 1.54) is 12.1 Å². The number of hydrogen-bond donors (Lipinski definition) is 2. The summed E-state index contributed by atoms with van der Waals surface area (Å²) in [7, 11) is 0. The highest BCUT2D eigenvalue weighted by Gasteiger charge is 2.36. The van der Waals surface area contributed by atoms with Gasteiger partial charge in [0.05, 0.1) is 16.6 Å². The maximum atomic E-state index is 13.1. The van der Waals surface area contributed by atoms with Crippen LogP contribution in [0.2, 0.25) is 0 Å². The minimum atomic E-state index is -0.637. The number of ether oxygens (including phenoxy) is 1. The number of fused-ring (bicyclic) bond motifs is 1. The van der Waals surface area contributed by atoms with Gasteiger partial charge in [0.1, 0.15) is 6.17 Å². The lowest BCUT2D eigenvalue weighted by molar-refractivity contribution is -0.385. The Balaban J connectivity index is 1.74. The van der Waals surface area contributed by atoms with E-state index in [4.69, 9.17) is 4.74 Å². The standard InChI is InChI=1S/C19H19N3O5/c23-17-8-7-12(10-16(17)22(25)26)18-20-15-6-2-1-5-14(15)19(24)21(18)11-13-4-3-9-27-13/h1-2,5-8,10,13,18,20,23H,3-4,9,11H2/t13-,18-/m1/s1. The zero-order valence-corrected chi connectivity index (χ0v) is 14.5.